The molecule has 3 heteroatoms. The van der Waals surface area contributed by atoms with Gasteiger partial charge in [0.15, 0.2) is 0 Å². The van der Waals surface area contributed by atoms with Crippen molar-refractivity contribution in [3.63, 3.8) is 0 Å². The molecule has 0 spiro atoms. The van der Waals surface area contributed by atoms with Crippen LogP contribution in [0.1, 0.15) is 47.2 Å². The van der Waals surface area contributed by atoms with Crippen molar-refractivity contribution in [1.29, 1.82) is 0 Å². The van der Waals surface area contributed by atoms with Crippen LogP contribution in [0.15, 0.2) is 48.5 Å². The summed E-state index contributed by atoms with van der Waals surface area (Å²) in [5, 5.41) is 7.12. The van der Waals surface area contributed by atoms with E-state index in [1.807, 2.05) is 18.2 Å². The van der Waals surface area contributed by atoms with E-state index < -0.39 is 0 Å². The second-order valence-electron chi connectivity index (χ2n) is 7.15. The number of carbonyl (C=O) groups excluding carboxylic acids is 1. The third-order valence-electron chi connectivity index (χ3n) is 6.09. The number of hydrogen-bond acceptors (Lipinski definition) is 2. The maximum Gasteiger partial charge on any atom is 0.253 e. The normalized spacial score (nSPS) is 30.9. The van der Waals surface area contributed by atoms with E-state index in [0.29, 0.717) is 0 Å². The molecule has 1 amide bonds. The molecule has 2 N–H and O–H groups in total. The number of rotatable bonds is 0. The fraction of sp³-hybridized carbons (Fsp3) is 0.350. The van der Waals surface area contributed by atoms with E-state index in [-0.39, 0.29) is 17.0 Å². The van der Waals surface area contributed by atoms with Gasteiger partial charge in [-0.1, -0.05) is 42.8 Å². The zero-order valence-corrected chi connectivity index (χ0v) is 13.1. The van der Waals surface area contributed by atoms with Gasteiger partial charge in [-0.25, -0.2) is 0 Å². The minimum atomic E-state index is -0.342. The van der Waals surface area contributed by atoms with Gasteiger partial charge >= 0.3 is 0 Å². The van der Waals surface area contributed by atoms with Crippen LogP contribution in [0.4, 0.5) is 5.69 Å². The van der Waals surface area contributed by atoms with Crippen molar-refractivity contribution in [2.24, 2.45) is 0 Å². The van der Waals surface area contributed by atoms with Gasteiger partial charge < -0.3 is 10.6 Å². The van der Waals surface area contributed by atoms with Crippen molar-refractivity contribution in [2.45, 2.75) is 43.2 Å². The van der Waals surface area contributed by atoms with Crippen LogP contribution >= 0.6 is 0 Å². The van der Waals surface area contributed by atoms with E-state index in [2.05, 4.69) is 41.0 Å². The molecular weight excluding hydrogens is 284 g/mol. The molecule has 5 rings (SSSR count). The zero-order valence-electron chi connectivity index (χ0n) is 13.1. The van der Waals surface area contributed by atoms with Gasteiger partial charge in [0.25, 0.3) is 5.91 Å². The van der Waals surface area contributed by atoms with Crippen molar-refractivity contribution < 1.29 is 4.79 Å². The first-order valence-electron chi connectivity index (χ1n) is 8.52. The highest BCUT2D eigenvalue weighted by Gasteiger charge is 2.60. The molecule has 2 aliphatic heterocycles. The first-order chi connectivity index (χ1) is 11.2. The number of nitrogens with one attached hydrogen (secondary N) is 2. The van der Waals surface area contributed by atoms with Crippen LogP contribution in [0.2, 0.25) is 0 Å². The Balaban J connectivity index is 1.78. The second-order valence-corrected chi connectivity index (χ2v) is 7.15. The van der Waals surface area contributed by atoms with Crippen LogP contribution in [0.3, 0.4) is 0 Å². The Labute approximate surface area is 136 Å². The average Bonchev–Trinajstić information content (AvgIpc) is 2.79. The lowest BCUT2D eigenvalue weighted by Gasteiger charge is -2.49. The number of anilines is 1. The molecule has 116 valence electrons. The molecule has 3 aliphatic rings. The maximum atomic E-state index is 12.9. The first kappa shape index (κ1) is 13.2. The van der Waals surface area contributed by atoms with Gasteiger partial charge in [0.2, 0.25) is 0 Å². The van der Waals surface area contributed by atoms with Gasteiger partial charge in [-0.2, -0.15) is 0 Å². The number of carbonyl (C=O) groups is 1. The lowest BCUT2D eigenvalue weighted by molar-refractivity contribution is 0.0814. The number of benzene rings is 2. The predicted octanol–water partition coefficient (Wildman–Crippen LogP) is 3.61. The SMILES string of the molecule is O=C1NC23CCCCC2(Cc2ccccc21)c1ccccc1N3. The molecular formula is C20H20N2O. The number of fused-ring (bicyclic) bond motifs is 2. The van der Waals surface area contributed by atoms with E-state index in [9.17, 15) is 4.79 Å². The summed E-state index contributed by atoms with van der Waals surface area (Å²) in [5.41, 5.74) is 4.19. The fourth-order valence-electron chi connectivity index (χ4n) is 5.09. The Hall–Kier alpha value is -2.29. The standard InChI is InChI=1S/C20H20N2O/c23-18-15-8-2-1-7-14(15)13-19-11-5-6-12-20(19,22-18)21-17-10-4-3-9-16(17)19/h1-4,7-10,21H,5-6,11-13H2,(H,22,23). The number of hydrogen-bond donors (Lipinski definition) is 2. The third kappa shape index (κ3) is 1.57. The van der Waals surface area contributed by atoms with Crippen LogP contribution in [0, 0.1) is 0 Å². The Morgan fingerprint density at radius 1 is 0.870 bits per heavy atom. The fourth-order valence-corrected chi connectivity index (χ4v) is 5.09. The minimum Gasteiger partial charge on any atom is -0.362 e. The van der Waals surface area contributed by atoms with E-state index >= 15 is 0 Å². The van der Waals surface area contributed by atoms with E-state index in [4.69, 9.17) is 0 Å². The molecule has 2 aromatic rings. The van der Waals surface area contributed by atoms with Crippen LogP contribution in [0.5, 0.6) is 0 Å². The molecule has 23 heavy (non-hydrogen) atoms. The molecule has 2 unspecified atom stereocenters. The van der Waals surface area contributed by atoms with Gasteiger partial charge in [0, 0.05) is 16.7 Å². The molecule has 3 nitrogen and oxygen atoms in total. The maximum absolute atomic E-state index is 12.9. The molecule has 0 saturated heterocycles. The molecule has 2 aromatic carbocycles. The molecule has 1 aliphatic carbocycles. The monoisotopic (exact) mass is 304 g/mol. The van der Waals surface area contributed by atoms with Crippen LogP contribution in [0.25, 0.3) is 0 Å². The Morgan fingerprint density at radius 3 is 2.61 bits per heavy atom. The average molecular weight is 304 g/mol. The summed E-state index contributed by atoms with van der Waals surface area (Å²) in [6, 6.07) is 16.7. The Morgan fingerprint density at radius 2 is 1.65 bits per heavy atom. The van der Waals surface area contributed by atoms with Gasteiger partial charge in [0.05, 0.1) is 0 Å². The quantitative estimate of drug-likeness (QED) is 0.780. The van der Waals surface area contributed by atoms with Crippen molar-refractivity contribution in [1.82, 2.24) is 5.32 Å². The van der Waals surface area contributed by atoms with Gasteiger partial charge in [-0.05, 0) is 48.9 Å². The largest absolute Gasteiger partial charge is 0.362 e. The van der Waals surface area contributed by atoms with E-state index in [1.54, 1.807) is 0 Å². The van der Waals surface area contributed by atoms with Crippen molar-refractivity contribution in [3.05, 3.63) is 65.2 Å². The third-order valence-corrected chi connectivity index (χ3v) is 6.09. The molecule has 0 aromatic heterocycles. The highest BCUT2D eigenvalue weighted by atomic mass is 16.2. The summed E-state index contributed by atoms with van der Waals surface area (Å²) in [5.74, 6) is 0.0599. The molecule has 2 atom stereocenters. The first-order valence-corrected chi connectivity index (χ1v) is 8.52. The summed E-state index contributed by atoms with van der Waals surface area (Å²) in [7, 11) is 0. The van der Waals surface area contributed by atoms with Gasteiger partial charge in [0.1, 0.15) is 5.66 Å². The summed E-state index contributed by atoms with van der Waals surface area (Å²) in [6.07, 6.45) is 5.40. The zero-order chi connectivity index (χ0) is 15.5. The van der Waals surface area contributed by atoms with Crippen LogP contribution in [-0.2, 0) is 11.8 Å². The molecule has 0 radical (unpaired) electrons. The second kappa shape index (κ2) is 4.38. The summed E-state index contributed by atoms with van der Waals surface area (Å²) in [6.45, 7) is 0. The molecule has 1 fully saturated rings. The van der Waals surface area contributed by atoms with Crippen molar-refractivity contribution in [3.8, 4) is 0 Å². The summed E-state index contributed by atoms with van der Waals surface area (Å²) in [4.78, 5) is 12.9. The number of amides is 1. The summed E-state index contributed by atoms with van der Waals surface area (Å²) >= 11 is 0. The Bertz CT molecular complexity index is 815. The predicted molar refractivity (Wildman–Crippen MR) is 90.6 cm³/mol. The van der Waals surface area contributed by atoms with Gasteiger partial charge in [-0.3, -0.25) is 4.79 Å². The smallest absolute Gasteiger partial charge is 0.253 e. The van der Waals surface area contributed by atoms with Gasteiger partial charge in [-0.15, -0.1) is 0 Å². The van der Waals surface area contributed by atoms with E-state index in [0.717, 1.165) is 31.2 Å². The van der Waals surface area contributed by atoms with Crippen molar-refractivity contribution >= 4 is 11.6 Å². The summed E-state index contributed by atoms with van der Waals surface area (Å²) < 4.78 is 0. The highest BCUT2D eigenvalue weighted by molar-refractivity contribution is 5.97. The molecule has 1 saturated carbocycles. The lowest BCUT2D eigenvalue weighted by atomic mass is 9.61. The molecule has 2 heterocycles. The van der Waals surface area contributed by atoms with E-state index in [1.165, 1.54) is 23.2 Å². The highest BCUT2D eigenvalue weighted by Crippen LogP contribution is 2.56. The van der Waals surface area contributed by atoms with Crippen LogP contribution < -0.4 is 10.6 Å². The number of para-hydroxylation sites is 1. The lowest BCUT2D eigenvalue weighted by Crippen LogP contribution is -2.64. The minimum absolute atomic E-state index is 0.0376. The Kier molecular flexibility index (Phi) is 2.51. The van der Waals surface area contributed by atoms with Crippen LogP contribution in [-0.4, -0.2) is 11.6 Å². The topological polar surface area (TPSA) is 41.1 Å². The van der Waals surface area contributed by atoms with Crippen molar-refractivity contribution in [2.75, 3.05) is 5.32 Å². The molecule has 0 bridgehead atoms.